The number of hydrogen-bond acceptors (Lipinski definition) is 7. The molecule has 0 aliphatic carbocycles. The molecule has 0 atom stereocenters. The van der Waals surface area contributed by atoms with Crippen molar-refractivity contribution in [2.45, 2.75) is 13.5 Å². The topological polar surface area (TPSA) is 97.1 Å². The fourth-order valence-corrected chi connectivity index (χ4v) is 4.73. The van der Waals surface area contributed by atoms with Crippen molar-refractivity contribution in [3.05, 3.63) is 113 Å². The molecule has 8 heteroatoms. The Bertz CT molecular complexity index is 1680. The number of ether oxygens (including phenoxy) is 2. The Hall–Kier alpha value is -5.00. The highest BCUT2D eigenvalue weighted by atomic mass is 32.1. The van der Waals surface area contributed by atoms with Crippen LogP contribution in [-0.2, 0) is 6.61 Å². The Balaban J connectivity index is 1.34. The molecule has 0 aliphatic heterocycles. The smallest absolute Gasteiger partial charge is 0.257 e. The maximum atomic E-state index is 12.4. The van der Waals surface area contributed by atoms with E-state index in [0.29, 0.717) is 46.0 Å². The van der Waals surface area contributed by atoms with Crippen LogP contribution in [0, 0.1) is 11.3 Å². The molecule has 1 aromatic heterocycles. The maximum Gasteiger partial charge on any atom is 0.257 e. The molecule has 7 nitrogen and oxygen atoms in total. The highest BCUT2D eigenvalue weighted by Crippen LogP contribution is 2.32. The van der Waals surface area contributed by atoms with Crippen LogP contribution < -0.4 is 14.8 Å². The number of anilines is 1. The largest absolute Gasteiger partial charge is 0.490 e. The number of carbonyl (C=O) groups excluding carboxylic acids is 1. The fraction of sp³-hybridized carbons (Fsp3) is 0.0968. The second-order valence-corrected chi connectivity index (χ2v) is 9.45. The summed E-state index contributed by atoms with van der Waals surface area (Å²) in [5.74, 6) is 0.903. The molecule has 39 heavy (non-hydrogen) atoms. The summed E-state index contributed by atoms with van der Waals surface area (Å²) in [6.07, 6.45) is 1.71. The lowest BCUT2D eigenvalue weighted by atomic mass is 10.1. The first-order valence-electron chi connectivity index (χ1n) is 12.3. The number of amides is 1. The van der Waals surface area contributed by atoms with Crippen LogP contribution in [0.4, 0.5) is 5.13 Å². The van der Waals surface area contributed by atoms with Gasteiger partial charge in [0.15, 0.2) is 16.5 Å². The first kappa shape index (κ1) is 25.6. The maximum absolute atomic E-state index is 12.4. The summed E-state index contributed by atoms with van der Waals surface area (Å²) in [4.78, 5) is 12.4. The molecule has 4 aromatic carbocycles. The summed E-state index contributed by atoms with van der Waals surface area (Å²) in [5, 5.41) is 23.7. The van der Waals surface area contributed by atoms with E-state index in [0.717, 1.165) is 33.2 Å². The van der Waals surface area contributed by atoms with Crippen LogP contribution >= 0.6 is 11.3 Å². The van der Waals surface area contributed by atoms with Gasteiger partial charge in [-0.1, -0.05) is 78.1 Å². The number of allylic oxidation sites excluding steroid dienone is 1. The molecule has 0 bridgehead atoms. The summed E-state index contributed by atoms with van der Waals surface area (Å²) in [7, 11) is 0. The zero-order valence-corrected chi connectivity index (χ0v) is 21.9. The molecule has 5 rings (SSSR count). The average Bonchev–Trinajstić information content (AvgIpc) is 3.44. The molecule has 0 aliphatic rings. The van der Waals surface area contributed by atoms with Crippen LogP contribution in [0.25, 0.3) is 22.4 Å². The Morgan fingerprint density at radius 3 is 2.56 bits per heavy atom. The van der Waals surface area contributed by atoms with Crippen molar-refractivity contribution in [3.63, 3.8) is 0 Å². The third-order valence-electron chi connectivity index (χ3n) is 5.87. The van der Waals surface area contributed by atoms with E-state index in [4.69, 9.17) is 9.47 Å². The lowest BCUT2D eigenvalue weighted by Crippen LogP contribution is -2.11. The van der Waals surface area contributed by atoms with Crippen molar-refractivity contribution in [1.29, 1.82) is 5.26 Å². The van der Waals surface area contributed by atoms with Gasteiger partial charge >= 0.3 is 0 Å². The minimum Gasteiger partial charge on any atom is -0.490 e. The van der Waals surface area contributed by atoms with Crippen LogP contribution in [0.2, 0.25) is 0 Å². The molecule has 0 spiro atoms. The van der Waals surface area contributed by atoms with Crippen molar-refractivity contribution >= 4 is 44.8 Å². The molecule has 0 unspecified atom stereocenters. The van der Waals surface area contributed by atoms with Crippen molar-refractivity contribution in [3.8, 4) is 17.6 Å². The van der Waals surface area contributed by atoms with Gasteiger partial charge in [0.05, 0.1) is 12.2 Å². The van der Waals surface area contributed by atoms with Crippen LogP contribution in [0.15, 0.2) is 91.0 Å². The standard InChI is InChI=1S/C31H24N4O3S/c1-2-37-28-18-21(15-16-27(28)38-20-24-13-8-12-22-9-6-7-14-26(22)24)17-25(19-32)30-34-35-31(39-30)33-29(36)23-10-4-3-5-11-23/h3-18H,2,20H2,1H3,(H,33,35,36)/b25-17+. The zero-order valence-electron chi connectivity index (χ0n) is 21.1. The Kier molecular flexibility index (Phi) is 7.91. The van der Waals surface area contributed by atoms with E-state index in [9.17, 15) is 10.1 Å². The number of nitrogens with one attached hydrogen (secondary N) is 1. The summed E-state index contributed by atoms with van der Waals surface area (Å²) in [5.41, 5.74) is 2.66. The van der Waals surface area contributed by atoms with Gasteiger partial charge in [0.1, 0.15) is 12.7 Å². The second kappa shape index (κ2) is 12.0. The molecule has 0 fully saturated rings. The van der Waals surface area contributed by atoms with Gasteiger partial charge in [-0.3, -0.25) is 10.1 Å². The van der Waals surface area contributed by atoms with Gasteiger partial charge < -0.3 is 9.47 Å². The molecule has 192 valence electrons. The number of aromatic nitrogens is 2. The molecular weight excluding hydrogens is 508 g/mol. The van der Waals surface area contributed by atoms with Crippen molar-refractivity contribution in [1.82, 2.24) is 10.2 Å². The van der Waals surface area contributed by atoms with E-state index >= 15 is 0 Å². The van der Waals surface area contributed by atoms with Crippen LogP contribution in [0.5, 0.6) is 11.5 Å². The van der Waals surface area contributed by atoms with E-state index in [2.05, 4.69) is 45.8 Å². The highest BCUT2D eigenvalue weighted by molar-refractivity contribution is 7.16. The molecule has 1 N–H and O–H groups in total. The summed E-state index contributed by atoms with van der Waals surface area (Å²) in [6, 6.07) is 30.9. The van der Waals surface area contributed by atoms with Gasteiger partial charge in [-0.05, 0) is 59.2 Å². The number of benzene rings is 4. The van der Waals surface area contributed by atoms with Gasteiger partial charge in [-0.2, -0.15) is 5.26 Å². The third kappa shape index (κ3) is 6.12. The van der Waals surface area contributed by atoms with Crippen LogP contribution in [-0.4, -0.2) is 22.7 Å². The van der Waals surface area contributed by atoms with E-state index in [1.54, 1.807) is 30.3 Å². The van der Waals surface area contributed by atoms with Crippen LogP contribution in [0.1, 0.15) is 33.4 Å². The fourth-order valence-electron chi connectivity index (χ4n) is 4.03. The molecule has 1 heterocycles. The quantitative estimate of drug-likeness (QED) is 0.206. The average molecular weight is 533 g/mol. The van der Waals surface area contributed by atoms with Gasteiger partial charge in [0, 0.05) is 5.56 Å². The molecule has 0 saturated heterocycles. The predicted molar refractivity (Wildman–Crippen MR) is 154 cm³/mol. The van der Waals surface area contributed by atoms with Crippen molar-refractivity contribution in [2.24, 2.45) is 0 Å². The van der Waals surface area contributed by atoms with Gasteiger partial charge in [-0.25, -0.2) is 0 Å². The van der Waals surface area contributed by atoms with E-state index in [-0.39, 0.29) is 5.91 Å². The summed E-state index contributed by atoms with van der Waals surface area (Å²) in [6.45, 7) is 2.76. The first-order chi connectivity index (χ1) is 19.1. The van der Waals surface area contributed by atoms with Gasteiger partial charge in [0.2, 0.25) is 5.13 Å². The number of fused-ring (bicyclic) bond motifs is 1. The number of nitriles is 1. The first-order valence-corrected chi connectivity index (χ1v) is 13.1. The molecule has 1 amide bonds. The summed E-state index contributed by atoms with van der Waals surface area (Å²) < 4.78 is 12.0. The predicted octanol–water partition coefficient (Wildman–Crippen LogP) is 6.99. The Morgan fingerprint density at radius 2 is 1.74 bits per heavy atom. The molecule has 0 radical (unpaired) electrons. The Morgan fingerprint density at radius 1 is 0.949 bits per heavy atom. The molecule has 0 saturated carbocycles. The van der Waals surface area contributed by atoms with E-state index in [1.165, 1.54) is 0 Å². The SMILES string of the molecule is CCOc1cc(/C=C(\C#N)c2nnc(NC(=O)c3ccccc3)s2)ccc1OCc1cccc2ccccc12. The third-order valence-corrected chi connectivity index (χ3v) is 6.75. The van der Waals surface area contributed by atoms with Crippen molar-refractivity contribution in [2.75, 3.05) is 11.9 Å². The normalized spacial score (nSPS) is 11.1. The summed E-state index contributed by atoms with van der Waals surface area (Å²) >= 11 is 1.13. The highest BCUT2D eigenvalue weighted by Gasteiger charge is 2.14. The van der Waals surface area contributed by atoms with E-state index in [1.807, 2.05) is 49.4 Å². The number of carbonyl (C=O) groups is 1. The van der Waals surface area contributed by atoms with Crippen LogP contribution in [0.3, 0.4) is 0 Å². The molecule has 5 aromatic rings. The van der Waals surface area contributed by atoms with Crippen molar-refractivity contribution < 1.29 is 14.3 Å². The number of nitrogens with zero attached hydrogens (tertiary/aromatic N) is 3. The lowest BCUT2D eigenvalue weighted by molar-refractivity contribution is 0.102. The lowest BCUT2D eigenvalue weighted by Gasteiger charge is -2.14. The number of hydrogen-bond donors (Lipinski definition) is 1. The van der Waals surface area contributed by atoms with Gasteiger partial charge in [0.25, 0.3) is 5.91 Å². The number of rotatable bonds is 9. The Labute approximate surface area is 230 Å². The monoisotopic (exact) mass is 532 g/mol. The van der Waals surface area contributed by atoms with E-state index < -0.39 is 0 Å². The minimum atomic E-state index is -0.291. The molecular formula is C31H24N4O3S. The van der Waals surface area contributed by atoms with Gasteiger partial charge in [-0.15, -0.1) is 10.2 Å². The minimum absolute atomic E-state index is 0.291. The zero-order chi connectivity index (χ0) is 27.0. The second-order valence-electron chi connectivity index (χ2n) is 8.47.